The van der Waals surface area contributed by atoms with Gasteiger partial charge in [0.25, 0.3) is 0 Å². The average molecular weight is 260 g/mol. The number of carbonyl (C=O) groups excluding carboxylic acids is 1. The summed E-state index contributed by atoms with van der Waals surface area (Å²) in [7, 11) is 0. The lowest BCUT2D eigenvalue weighted by Gasteiger charge is -2.19. The van der Waals surface area contributed by atoms with E-state index in [2.05, 4.69) is 50.1 Å². The van der Waals surface area contributed by atoms with Crippen molar-refractivity contribution in [3.05, 3.63) is 48.0 Å². The molecule has 0 unspecified atom stereocenters. The summed E-state index contributed by atoms with van der Waals surface area (Å²) in [4.78, 5) is 11.5. The van der Waals surface area contributed by atoms with Gasteiger partial charge in [-0.1, -0.05) is 51.1 Å². The van der Waals surface area contributed by atoms with E-state index in [1.165, 1.54) is 5.56 Å². The Morgan fingerprint density at radius 2 is 2.05 bits per heavy atom. The Bertz CT molecular complexity index is 433. The molecule has 2 N–H and O–H groups in total. The van der Waals surface area contributed by atoms with Crippen molar-refractivity contribution in [3.63, 3.8) is 0 Å². The molecule has 3 nitrogen and oxygen atoms in total. The Hall–Kier alpha value is -1.77. The predicted molar refractivity (Wildman–Crippen MR) is 80.2 cm³/mol. The largest absolute Gasteiger partial charge is 0.338 e. The first-order chi connectivity index (χ1) is 8.93. The molecule has 0 atom stereocenters. The summed E-state index contributed by atoms with van der Waals surface area (Å²) in [5.74, 6) is 0. The number of carbonyl (C=O) groups is 1. The minimum Gasteiger partial charge on any atom is -0.338 e. The first kappa shape index (κ1) is 15.3. The van der Waals surface area contributed by atoms with Gasteiger partial charge < -0.3 is 10.6 Å². The molecule has 0 fully saturated rings. The van der Waals surface area contributed by atoms with Crippen molar-refractivity contribution in [2.24, 2.45) is 0 Å². The molecule has 3 heteroatoms. The van der Waals surface area contributed by atoms with Crippen LogP contribution in [0.25, 0.3) is 0 Å². The standard InChI is InChI=1S/C16H24N2O/c1-5-6-10-17-15(19)18-12-13-8-7-9-14(11-13)16(2,3)4/h5,7-9,11H,1,6,10,12H2,2-4H3,(H2,17,18,19). The van der Waals surface area contributed by atoms with Gasteiger partial charge in [-0.05, 0) is 23.0 Å². The van der Waals surface area contributed by atoms with Crippen LogP contribution in [0.4, 0.5) is 4.79 Å². The van der Waals surface area contributed by atoms with Gasteiger partial charge in [-0.15, -0.1) is 6.58 Å². The Balaban J connectivity index is 2.49. The van der Waals surface area contributed by atoms with Crippen LogP contribution in [0.1, 0.15) is 38.3 Å². The number of urea groups is 1. The maximum Gasteiger partial charge on any atom is 0.315 e. The van der Waals surface area contributed by atoms with Crippen molar-refractivity contribution in [2.45, 2.75) is 39.2 Å². The molecule has 0 spiro atoms. The van der Waals surface area contributed by atoms with Crippen LogP contribution in [0.15, 0.2) is 36.9 Å². The van der Waals surface area contributed by atoms with E-state index in [1.54, 1.807) is 6.08 Å². The summed E-state index contributed by atoms with van der Waals surface area (Å²) in [6.07, 6.45) is 2.57. The highest BCUT2D eigenvalue weighted by atomic mass is 16.2. The highest BCUT2D eigenvalue weighted by Gasteiger charge is 2.13. The summed E-state index contributed by atoms with van der Waals surface area (Å²) in [5, 5.41) is 5.63. The van der Waals surface area contributed by atoms with Gasteiger partial charge in [-0.3, -0.25) is 0 Å². The number of amides is 2. The number of hydrogen-bond acceptors (Lipinski definition) is 1. The molecular formula is C16H24N2O. The third-order valence-electron chi connectivity index (χ3n) is 2.88. The van der Waals surface area contributed by atoms with E-state index in [0.717, 1.165) is 12.0 Å². The smallest absolute Gasteiger partial charge is 0.315 e. The molecular weight excluding hydrogens is 236 g/mol. The summed E-state index contributed by atoms with van der Waals surface area (Å²) in [6.45, 7) is 11.3. The average Bonchev–Trinajstić information content (AvgIpc) is 2.36. The second kappa shape index (κ2) is 6.98. The predicted octanol–water partition coefficient (Wildman–Crippen LogP) is 3.36. The number of hydrogen-bond donors (Lipinski definition) is 2. The van der Waals surface area contributed by atoms with Gasteiger partial charge in [0, 0.05) is 13.1 Å². The second-order valence-corrected chi connectivity index (χ2v) is 5.64. The summed E-state index contributed by atoms with van der Waals surface area (Å²) < 4.78 is 0. The topological polar surface area (TPSA) is 41.1 Å². The molecule has 0 saturated heterocycles. The molecule has 0 aliphatic carbocycles. The Morgan fingerprint density at radius 3 is 2.68 bits per heavy atom. The maximum atomic E-state index is 11.5. The summed E-state index contributed by atoms with van der Waals surface area (Å²) >= 11 is 0. The van der Waals surface area contributed by atoms with Gasteiger partial charge in [0.05, 0.1) is 0 Å². The maximum absolute atomic E-state index is 11.5. The van der Waals surface area contributed by atoms with Crippen LogP contribution in [0.3, 0.4) is 0 Å². The molecule has 1 aromatic carbocycles. The molecule has 0 saturated carbocycles. The molecule has 2 amide bonds. The Labute approximate surface area is 116 Å². The highest BCUT2D eigenvalue weighted by Crippen LogP contribution is 2.22. The minimum atomic E-state index is -0.136. The highest BCUT2D eigenvalue weighted by molar-refractivity contribution is 5.73. The Morgan fingerprint density at radius 1 is 1.32 bits per heavy atom. The monoisotopic (exact) mass is 260 g/mol. The Kier molecular flexibility index (Phi) is 5.61. The lowest BCUT2D eigenvalue weighted by atomic mass is 9.86. The van der Waals surface area contributed by atoms with E-state index in [1.807, 2.05) is 12.1 Å². The van der Waals surface area contributed by atoms with E-state index >= 15 is 0 Å². The molecule has 1 rings (SSSR count). The number of benzene rings is 1. The zero-order chi connectivity index (χ0) is 14.3. The van der Waals surface area contributed by atoms with E-state index in [9.17, 15) is 4.79 Å². The van der Waals surface area contributed by atoms with Gasteiger partial charge >= 0.3 is 6.03 Å². The molecule has 0 bridgehead atoms. The number of rotatable bonds is 5. The van der Waals surface area contributed by atoms with Crippen molar-refractivity contribution in [1.82, 2.24) is 10.6 Å². The van der Waals surface area contributed by atoms with Crippen LogP contribution in [-0.4, -0.2) is 12.6 Å². The molecule has 104 valence electrons. The van der Waals surface area contributed by atoms with E-state index < -0.39 is 0 Å². The SMILES string of the molecule is C=CCCNC(=O)NCc1cccc(C(C)(C)C)c1. The van der Waals surface area contributed by atoms with Crippen molar-refractivity contribution in [3.8, 4) is 0 Å². The van der Waals surface area contributed by atoms with Crippen molar-refractivity contribution in [2.75, 3.05) is 6.54 Å². The van der Waals surface area contributed by atoms with Gasteiger partial charge in [-0.2, -0.15) is 0 Å². The van der Waals surface area contributed by atoms with Crippen molar-refractivity contribution >= 4 is 6.03 Å². The van der Waals surface area contributed by atoms with Crippen LogP contribution >= 0.6 is 0 Å². The molecule has 0 aliphatic rings. The summed E-state index contributed by atoms with van der Waals surface area (Å²) in [5.41, 5.74) is 2.52. The fraction of sp³-hybridized carbons (Fsp3) is 0.438. The molecule has 19 heavy (non-hydrogen) atoms. The van der Waals surface area contributed by atoms with E-state index in [0.29, 0.717) is 13.1 Å². The van der Waals surface area contributed by atoms with Crippen LogP contribution < -0.4 is 10.6 Å². The zero-order valence-electron chi connectivity index (χ0n) is 12.1. The van der Waals surface area contributed by atoms with E-state index in [4.69, 9.17) is 0 Å². The third-order valence-corrected chi connectivity index (χ3v) is 2.88. The number of nitrogens with one attached hydrogen (secondary N) is 2. The fourth-order valence-corrected chi connectivity index (χ4v) is 1.68. The lowest BCUT2D eigenvalue weighted by molar-refractivity contribution is 0.240. The first-order valence-electron chi connectivity index (χ1n) is 6.65. The normalized spacial score (nSPS) is 10.9. The fourth-order valence-electron chi connectivity index (χ4n) is 1.68. The molecule has 0 radical (unpaired) electrons. The van der Waals surface area contributed by atoms with Crippen molar-refractivity contribution < 1.29 is 4.79 Å². The first-order valence-corrected chi connectivity index (χ1v) is 6.65. The van der Waals surface area contributed by atoms with Gasteiger partial charge in [0.1, 0.15) is 0 Å². The van der Waals surface area contributed by atoms with Gasteiger partial charge in [0.2, 0.25) is 0 Å². The van der Waals surface area contributed by atoms with Gasteiger partial charge in [0.15, 0.2) is 0 Å². The molecule has 0 aromatic heterocycles. The summed E-state index contributed by atoms with van der Waals surface area (Å²) in [6, 6.07) is 8.19. The van der Waals surface area contributed by atoms with Gasteiger partial charge in [-0.25, -0.2) is 4.79 Å². The van der Waals surface area contributed by atoms with E-state index in [-0.39, 0.29) is 11.4 Å². The van der Waals surface area contributed by atoms with Crippen molar-refractivity contribution in [1.29, 1.82) is 0 Å². The third kappa shape index (κ3) is 5.60. The minimum absolute atomic E-state index is 0.127. The van der Waals surface area contributed by atoms with Crippen LogP contribution in [0, 0.1) is 0 Å². The van der Waals surface area contributed by atoms with Crippen LogP contribution in [0.2, 0.25) is 0 Å². The van der Waals surface area contributed by atoms with Crippen LogP contribution in [0.5, 0.6) is 0 Å². The quantitative estimate of drug-likeness (QED) is 0.618. The molecule has 0 heterocycles. The molecule has 0 aliphatic heterocycles. The van der Waals surface area contributed by atoms with Crippen LogP contribution in [-0.2, 0) is 12.0 Å². The second-order valence-electron chi connectivity index (χ2n) is 5.64. The molecule has 1 aromatic rings. The zero-order valence-corrected chi connectivity index (χ0v) is 12.1. The lowest BCUT2D eigenvalue weighted by Crippen LogP contribution is -2.35.